The van der Waals surface area contributed by atoms with E-state index < -0.39 is 47.9 Å². The summed E-state index contributed by atoms with van der Waals surface area (Å²) in [6.45, 7) is 0. The van der Waals surface area contributed by atoms with E-state index in [4.69, 9.17) is 20.9 Å². The Morgan fingerprint density at radius 3 is 1.26 bits per heavy atom. The highest BCUT2D eigenvalue weighted by molar-refractivity contribution is 5.94. The number of carbonyl (C=O) groups excluding carboxylic acids is 4. The molecule has 0 spiro atoms. The minimum atomic E-state index is -1.04. The van der Waals surface area contributed by atoms with Gasteiger partial charge in [0.25, 0.3) is 0 Å². The minimum absolute atomic E-state index is 0.452. The number of ether oxygens (including phenoxy) is 2. The van der Waals surface area contributed by atoms with E-state index in [1.54, 1.807) is 48.5 Å². The van der Waals surface area contributed by atoms with E-state index >= 15 is 0 Å². The van der Waals surface area contributed by atoms with Crippen molar-refractivity contribution in [1.82, 2.24) is 10.6 Å². The van der Waals surface area contributed by atoms with Crippen LogP contribution in [0.3, 0.4) is 0 Å². The molecule has 1 aliphatic carbocycles. The third kappa shape index (κ3) is 5.46. The number of benzene rings is 2. The summed E-state index contributed by atoms with van der Waals surface area (Å²) in [5, 5.41) is 10.4. The Morgan fingerprint density at radius 1 is 0.647 bits per heavy atom. The number of carbonyl (C=O) groups is 4. The highest BCUT2D eigenvalue weighted by Crippen LogP contribution is 2.37. The Labute approximate surface area is 195 Å². The molecule has 2 aromatic carbocycles. The molecule has 34 heavy (non-hydrogen) atoms. The Hall–Kier alpha value is -4.48. The van der Waals surface area contributed by atoms with E-state index in [-0.39, 0.29) is 0 Å². The summed E-state index contributed by atoms with van der Waals surface area (Å²) < 4.78 is 9.68. The zero-order chi connectivity index (χ0) is 24.8. The van der Waals surface area contributed by atoms with Crippen molar-refractivity contribution < 1.29 is 28.7 Å². The monoisotopic (exact) mass is 470 g/mol. The van der Waals surface area contributed by atoms with Crippen LogP contribution in [0.25, 0.3) is 0 Å². The van der Waals surface area contributed by atoms with E-state index in [0.717, 1.165) is 0 Å². The number of rotatable bonds is 6. The SMILES string of the molecule is COC(=O)C1C(NC(=O)Nc2ccc(N)cc2)C(C(=O)OC)C1NC(=O)Nc1ccc(N)cc1. The Balaban J connectivity index is 1.74. The van der Waals surface area contributed by atoms with Crippen LogP contribution in [-0.2, 0) is 19.1 Å². The maximum atomic E-state index is 12.5. The smallest absolute Gasteiger partial charge is 0.319 e. The number of urea groups is 2. The first-order chi connectivity index (χ1) is 16.2. The topological polar surface area (TPSA) is 187 Å². The molecule has 0 unspecified atom stereocenters. The van der Waals surface area contributed by atoms with Gasteiger partial charge in [0.05, 0.1) is 38.1 Å². The van der Waals surface area contributed by atoms with Gasteiger partial charge in [0, 0.05) is 22.7 Å². The van der Waals surface area contributed by atoms with Gasteiger partial charge in [-0.2, -0.15) is 0 Å². The molecule has 0 saturated heterocycles. The first-order valence-electron chi connectivity index (χ1n) is 10.2. The molecule has 0 heterocycles. The van der Waals surface area contributed by atoms with Crippen LogP contribution in [0.15, 0.2) is 48.5 Å². The number of nitrogen functional groups attached to an aromatic ring is 2. The summed E-state index contributed by atoms with van der Waals surface area (Å²) in [5.41, 5.74) is 13.2. The second-order valence-corrected chi connectivity index (χ2v) is 7.59. The number of hydrogen-bond acceptors (Lipinski definition) is 8. The van der Waals surface area contributed by atoms with E-state index in [0.29, 0.717) is 22.7 Å². The van der Waals surface area contributed by atoms with E-state index in [1.807, 2.05) is 0 Å². The lowest BCUT2D eigenvalue weighted by atomic mass is 9.64. The lowest BCUT2D eigenvalue weighted by Gasteiger charge is -2.48. The van der Waals surface area contributed by atoms with Gasteiger partial charge in [0.15, 0.2) is 0 Å². The van der Waals surface area contributed by atoms with Crippen LogP contribution in [0.1, 0.15) is 0 Å². The fourth-order valence-electron chi connectivity index (χ4n) is 3.74. The molecule has 12 nitrogen and oxygen atoms in total. The number of amides is 4. The third-order valence-corrected chi connectivity index (χ3v) is 5.43. The van der Waals surface area contributed by atoms with Crippen molar-refractivity contribution in [3.63, 3.8) is 0 Å². The normalized spacial score (nSPS) is 20.8. The largest absolute Gasteiger partial charge is 0.469 e. The maximum Gasteiger partial charge on any atom is 0.319 e. The predicted octanol–water partition coefficient (Wildman–Crippen LogP) is 1.12. The van der Waals surface area contributed by atoms with Crippen molar-refractivity contribution in [3.8, 4) is 0 Å². The number of hydrogen-bond donors (Lipinski definition) is 6. The van der Waals surface area contributed by atoms with Crippen molar-refractivity contribution in [3.05, 3.63) is 48.5 Å². The fraction of sp³-hybridized carbons (Fsp3) is 0.273. The lowest BCUT2D eigenvalue weighted by Crippen LogP contribution is -2.73. The summed E-state index contributed by atoms with van der Waals surface area (Å²) in [7, 11) is 2.34. The number of nitrogens with one attached hydrogen (secondary N) is 4. The average Bonchev–Trinajstić information content (AvgIpc) is 2.81. The number of methoxy groups -OCH3 is 2. The van der Waals surface area contributed by atoms with Crippen molar-refractivity contribution in [2.24, 2.45) is 11.8 Å². The first-order valence-corrected chi connectivity index (χ1v) is 10.2. The summed E-state index contributed by atoms with van der Waals surface area (Å²) in [5.74, 6) is -3.50. The molecule has 1 fully saturated rings. The van der Waals surface area contributed by atoms with Crippen molar-refractivity contribution in [2.45, 2.75) is 12.1 Å². The number of nitrogens with two attached hydrogens (primary N) is 2. The van der Waals surface area contributed by atoms with Crippen molar-refractivity contribution in [1.29, 1.82) is 0 Å². The van der Waals surface area contributed by atoms with Gasteiger partial charge in [0.2, 0.25) is 0 Å². The molecule has 12 heteroatoms. The molecule has 1 saturated carbocycles. The Morgan fingerprint density at radius 2 is 0.971 bits per heavy atom. The predicted molar refractivity (Wildman–Crippen MR) is 125 cm³/mol. The fourth-order valence-corrected chi connectivity index (χ4v) is 3.74. The zero-order valence-electron chi connectivity index (χ0n) is 18.5. The molecule has 1 aliphatic rings. The molecule has 0 atom stereocenters. The minimum Gasteiger partial charge on any atom is -0.469 e. The average molecular weight is 470 g/mol. The Bertz CT molecular complexity index is 965. The first kappa shape index (κ1) is 24.2. The van der Waals surface area contributed by atoms with Crippen LogP contribution in [0.5, 0.6) is 0 Å². The molecule has 0 bridgehead atoms. The third-order valence-electron chi connectivity index (χ3n) is 5.43. The molecular weight excluding hydrogens is 444 g/mol. The summed E-state index contributed by atoms with van der Waals surface area (Å²) in [6, 6.07) is 9.49. The standard InChI is InChI=1S/C22H26N6O6/c1-33-19(29)15-17(27-21(31)25-13-7-3-11(23)4-8-13)16(20(30)34-2)18(15)28-22(32)26-14-9-5-12(24)6-10-14/h3-10,15-18H,23-24H2,1-2H3,(H2,25,27,31)(H2,26,28,32). The van der Waals surface area contributed by atoms with Crippen LogP contribution < -0.4 is 32.7 Å². The molecule has 2 aromatic rings. The number of anilines is 4. The van der Waals surface area contributed by atoms with Crippen LogP contribution in [-0.4, -0.2) is 50.3 Å². The van der Waals surface area contributed by atoms with Crippen LogP contribution in [0, 0.1) is 11.8 Å². The van der Waals surface area contributed by atoms with Gasteiger partial charge in [-0.05, 0) is 48.5 Å². The molecule has 3 rings (SSSR count). The highest BCUT2D eigenvalue weighted by atomic mass is 16.5. The van der Waals surface area contributed by atoms with E-state index in [2.05, 4.69) is 21.3 Å². The number of esters is 2. The van der Waals surface area contributed by atoms with Gasteiger partial charge in [0.1, 0.15) is 0 Å². The molecule has 8 N–H and O–H groups in total. The van der Waals surface area contributed by atoms with Gasteiger partial charge >= 0.3 is 24.0 Å². The van der Waals surface area contributed by atoms with Crippen LogP contribution >= 0.6 is 0 Å². The maximum absolute atomic E-state index is 12.5. The summed E-state index contributed by atoms with van der Waals surface area (Å²) in [4.78, 5) is 50.0. The van der Waals surface area contributed by atoms with Crippen molar-refractivity contribution in [2.75, 3.05) is 36.3 Å². The molecular formula is C22H26N6O6. The van der Waals surface area contributed by atoms with Crippen LogP contribution in [0.2, 0.25) is 0 Å². The van der Waals surface area contributed by atoms with Crippen molar-refractivity contribution >= 4 is 46.8 Å². The van der Waals surface area contributed by atoms with Gasteiger partial charge in [-0.25, -0.2) is 9.59 Å². The molecule has 4 amide bonds. The van der Waals surface area contributed by atoms with Crippen LogP contribution in [0.4, 0.5) is 32.3 Å². The van der Waals surface area contributed by atoms with Gasteiger partial charge < -0.3 is 42.2 Å². The second-order valence-electron chi connectivity index (χ2n) is 7.59. The molecule has 0 aliphatic heterocycles. The van der Waals surface area contributed by atoms with E-state index in [9.17, 15) is 19.2 Å². The zero-order valence-corrected chi connectivity index (χ0v) is 18.5. The molecule has 0 radical (unpaired) electrons. The van der Waals surface area contributed by atoms with E-state index in [1.165, 1.54) is 14.2 Å². The second kappa shape index (κ2) is 10.4. The highest BCUT2D eigenvalue weighted by Gasteiger charge is 2.60. The van der Waals surface area contributed by atoms with Gasteiger partial charge in [-0.1, -0.05) is 0 Å². The quantitative estimate of drug-likeness (QED) is 0.268. The summed E-state index contributed by atoms with van der Waals surface area (Å²) >= 11 is 0. The molecule has 180 valence electrons. The Kier molecular flexibility index (Phi) is 7.41. The summed E-state index contributed by atoms with van der Waals surface area (Å²) in [6.07, 6.45) is 0. The lowest BCUT2D eigenvalue weighted by molar-refractivity contribution is -0.164. The van der Waals surface area contributed by atoms with Gasteiger partial charge in [-0.15, -0.1) is 0 Å². The van der Waals surface area contributed by atoms with Gasteiger partial charge in [-0.3, -0.25) is 9.59 Å². The molecule has 0 aromatic heterocycles.